The van der Waals surface area contributed by atoms with Gasteiger partial charge in [0, 0.05) is 16.7 Å². The third kappa shape index (κ3) is 5.30. The molecule has 32 heavy (non-hydrogen) atoms. The average molecular weight is 435 g/mol. The third-order valence-corrected chi connectivity index (χ3v) is 4.60. The molecule has 0 spiro atoms. The lowest BCUT2D eigenvalue weighted by atomic mass is 10.1. The van der Waals surface area contributed by atoms with Crippen LogP contribution >= 0.6 is 0 Å². The first kappa shape index (κ1) is 21.5. The van der Waals surface area contributed by atoms with Gasteiger partial charge >= 0.3 is 0 Å². The normalized spacial score (nSPS) is 12.8. The van der Waals surface area contributed by atoms with E-state index in [9.17, 15) is 4.79 Å². The van der Waals surface area contributed by atoms with E-state index in [-0.39, 0.29) is 18.1 Å². The molecule has 9 nitrogen and oxygen atoms in total. The molecule has 1 aromatic carbocycles. The molecule has 4 rings (SSSR count). The highest BCUT2D eigenvalue weighted by Gasteiger charge is 2.21. The van der Waals surface area contributed by atoms with Crippen LogP contribution in [0.2, 0.25) is 0 Å². The zero-order valence-electron chi connectivity index (χ0n) is 18.3. The van der Waals surface area contributed by atoms with E-state index >= 15 is 0 Å². The first-order chi connectivity index (χ1) is 15.3. The number of nitrogens with zero attached hydrogens (tertiary/aromatic N) is 3. The summed E-state index contributed by atoms with van der Waals surface area (Å²) in [5.74, 6) is 2.01. The Morgan fingerprint density at radius 3 is 2.78 bits per heavy atom. The topological polar surface area (TPSA) is 124 Å². The van der Waals surface area contributed by atoms with Crippen LogP contribution in [0.25, 0.3) is 11.4 Å². The molecule has 1 aliphatic rings. The summed E-state index contributed by atoms with van der Waals surface area (Å²) in [6.45, 7) is 6.55. The minimum Gasteiger partial charge on any atom is -0.484 e. The van der Waals surface area contributed by atoms with Crippen molar-refractivity contribution in [3.63, 3.8) is 0 Å². The van der Waals surface area contributed by atoms with Gasteiger partial charge in [0.2, 0.25) is 0 Å². The van der Waals surface area contributed by atoms with Gasteiger partial charge in [0.15, 0.2) is 12.4 Å². The molecule has 0 saturated heterocycles. The molecule has 0 bridgehead atoms. The molecule has 0 radical (unpaired) electrons. The van der Waals surface area contributed by atoms with Crippen molar-refractivity contribution < 1.29 is 14.3 Å². The lowest BCUT2D eigenvalue weighted by Gasteiger charge is -2.20. The predicted octanol–water partition coefficient (Wildman–Crippen LogP) is 3.19. The van der Waals surface area contributed by atoms with Crippen LogP contribution in [0, 0.1) is 0 Å². The van der Waals surface area contributed by atoms with Gasteiger partial charge in [-0.1, -0.05) is 12.1 Å². The second kappa shape index (κ2) is 8.80. The van der Waals surface area contributed by atoms with Crippen LogP contribution in [-0.4, -0.2) is 33.0 Å². The van der Waals surface area contributed by atoms with Crippen molar-refractivity contribution >= 4 is 23.2 Å². The number of nitrogen functional groups attached to an aromatic ring is 1. The van der Waals surface area contributed by atoms with E-state index in [4.69, 9.17) is 20.2 Å². The van der Waals surface area contributed by atoms with Crippen molar-refractivity contribution in [2.24, 2.45) is 0 Å². The molecule has 3 aromatic rings. The summed E-state index contributed by atoms with van der Waals surface area (Å²) in [6.07, 6.45) is 1.65. The van der Waals surface area contributed by atoms with Crippen LogP contribution in [0.5, 0.6) is 5.75 Å². The maximum absolute atomic E-state index is 12.1. The Kier molecular flexibility index (Phi) is 5.91. The number of rotatable bonds is 6. The van der Waals surface area contributed by atoms with Crippen molar-refractivity contribution in [3.8, 4) is 17.1 Å². The molecular weight excluding hydrogens is 408 g/mol. The number of carbonyl (C=O) groups excluding carboxylic acids is 1. The smallest absolute Gasteiger partial charge is 0.258 e. The minimum absolute atomic E-state index is 0.0729. The number of nitrogens with two attached hydrogens (primary N) is 1. The second-order valence-corrected chi connectivity index (χ2v) is 8.53. The van der Waals surface area contributed by atoms with E-state index in [0.29, 0.717) is 36.4 Å². The van der Waals surface area contributed by atoms with Crippen molar-refractivity contribution in [1.82, 2.24) is 20.3 Å². The van der Waals surface area contributed by atoms with Gasteiger partial charge in [0.05, 0.1) is 30.8 Å². The number of amides is 1. The van der Waals surface area contributed by atoms with E-state index in [1.165, 1.54) is 0 Å². The quantitative estimate of drug-likeness (QED) is 0.540. The zero-order valence-corrected chi connectivity index (χ0v) is 18.3. The fraction of sp³-hybridized carbons (Fsp3) is 0.304. The van der Waals surface area contributed by atoms with E-state index in [1.54, 1.807) is 18.3 Å². The molecule has 9 heteroatoms. The van der Waals surface area contributed by atoms with Gasteiger partial charge in [-0.05, 0) is 45.0 Å². The first-order valence-corrected chi connectivity index (χ1v) is 10.3. The molecule has 2 aromatic heterocycles. The van der Waals surface area contributed by atoms with Crippen LogP contribution in [0.15, 0.2) is 42.6 Å². The lowest BCUT2D eigenvalue weighted by Crippen LogP contribution is -2.43. The molecule has 0 unspecified atom stereocenters. The number of aromatic nitrogens is 3. The summed E-state index contributed by atoms with van der Waals surface area (Å²) in [6, 6.07) is 10.9. The maximum atomic E-state index is 12.1. The number of anilines is 3. The van der Waals surface area contributed by atoms with Crippen LogP contribution in [0.1, 0.15) is 32.0 Å². The number of hydrogen-bond donors (Lipinski definition) is 3. The van der Waals surface area contributed by atoms with E-state index in [2.05, 4.69) is 20.6 Å². The number of hydrogen-bond acceptors (Lipinski definition) is 8. The Morgan fingerprint density at radius 2 is 2.03 bits per heavy atom. The highest BCUT2D eigenvalue weighted by atomic mass is 16.5. The minimum atomic E-state index is -0.313. The Morgan fingerprint density at radius 1 is 1.19 bits per heavy atom. The monoisotopic (exact) mass is 434 g/mol. The molecule has 3 heterocycles. The van der Waals surface area contributed by atoms with Gasteiger partial charge in [0.25, 0.3) is 5.91 Å². The summed E-state index contributed by atoms with van der Waals surface area (Å²) in [4.78, 5) is 25.6. The largest absolute Gasteiger partial charge is 0.484 e. The van der Waals surface area contributed by atoms with Gasteiger partial charge < -0.3 is 25.8 Å². The van der Waals surface area contributed by atoms with E-state index < -0.39 is 0 Å². The number of nitrogens with one attached hydrogen (secondary N) is 2. The fourth-order valence-corrected chi connectivity index (χ4v) is 3.23. The molecule has 1 aliphatic heterocycles. The molecule has 1 amide bonds. The lowest BCUT2D eigenvalue weighted by molar-refractivity contribution is -0.124. The van der Waals surface area contributed by atoms with Gasteiger partial charge in [-0.2, -0.15) is 0 Å². The summed E-state index contributed by atoms with van der Waals surface area (Å²) in [7, 11) is 0. The first-order valence-electron chi connectivity index (χ1n) is 10.3. The van der Waals surface area contributed by atoms with Crippen molar-refractivity contribution in [3.05, 3.63) is 53.9 Å². The van der Waals surface area contributed by atoms with Crippen LogP contribution < -0.4 is 21.1 Å². The van der Waals surface area contributed by atoms with Gasteiger partial charge in [-0.25, -0.2) is 15.0 Å². The Bertz CT molecular complexity index is 1130. The predicted molar refractivity (Wildman–Crippen MR) is 121 cm³/mol. The average Bonchev–Trinajstić information content (AvgIpc) is 3.22. The number of ether oxygens (including phenoxy) is 2. The Labute approximate surface area is 186 Å². The van der Waals surface area contributed by atoms with E-state index in [1.807, 2.05) is 45.0 Å². The Balaban J connectivity index is 1.56. The molecular formula is C23H26N6O3. The highest BCUT2D eigenvalue weighted by molar-refractivity contribution is 5.78. The standard InChI is InChI=1S/C23H26N6O3/c1-23(2,3)29-20(30)13-32-16-6-4-5-14(9-16)21-27-18-12-31-11-17(18)22(28-21)26-15-7-8-19(24)25-10-15/h4-10H,11-13H2,1-3H3,(H2,24,25)(H,29,30)(H,26,27,28). The maximum Gasteiger partial charge on any atom is 0.258 e. The van der Waals surface area contributed by atoms with Gasteiger partial charge in [-0.3, -0.25) is 4.79 Å². The Hall–Kier alpha value is -3.72. The zero-order chi connectivity index (χ0) is 22.7. The summed E-state index contributed by atoms with van der Waals surface area (Å²) in [5.41, 5.74) is 8.64. The number of fused-ring (bicyclic) bond motifs is 1. The number of benzene rings is 1. The fourth-order valence-electron chi connectivity index (χ4n) is 3.23. The van der Waals surface area contributed by atoms with Crippen molar-refractivity contribution in [1.29, 1.82) is 0 Å². The van der Waals surface area contributed by atoms with Crippen LogP contribution in [-0.2, 0) is 22.7 Å². The molecule has 4 N–H and O–H groups in total. The molecule has 0 fully saturated rings. The second-order valence-electron chi connectivity index (χ2n) is 8.53. The molecule has 0 atom stereocenters. The van der Waals surface area contributed by atoms with Gasteiger partial charge in [0.1, 0.15) is 17.4 Å². The third-order valence-electron chi connectivity index (χ3n) is 4.60. The van der Waals surface area contributed by atoms with E-state index in [0.717, 1.165) is 22.5 Å². The summed E-state index contributed by atoms with van der Waals surface area (Å²) >= 11 is 0. The summed E-state index contributed by atoms with van der Waals surface area (Å²) < 4.78 is 11.3. The highest BCUT2D eigenvalue weighted by Crippen LogP contribution is 2.31. The van der Waals surface area contributed by atoms with Crippen LogP contribution in [0.4, 0.5) is 17.3 Å². The number of pyridine rings is 1. The molecule has 0 saturated carbocycles. The molecule has 0 aliphatic carbocycles. The summed E-state index contributed by atoms with van der Waals surface area (Å²) in [5, 5.41) is 6.16. The molecule has 166 valence electrons. The van der Waals surface area contributed by atoms with Crippen molar-refractivity contribution in [2.45, 2.75) is 39.5 Å². The van der Waals surface area contributed by atoms with Crippen molar-refractivity contribution in [2.75, 3.05) is 17.7 Å². The number of carbonyl (C=O) groups is 1. The van der Waals surface area contributed by atoms with Gasteiger partial charge in [-0.15, -0.1) is 0 Å². The van der Waals surface area contributed by atoms with Crippen LogP contribution in [0.3, 0.4) is 0 Å². The SMILES string of the molecule is CC(C)(C)NC(=O)COc1cccc(-c2nc3c(c(Nc4ccc(N)nc4)n2)COC3)c1.